The molecule has 1 aliphatic heterocycles. The summed E-state index contributed by atoms with van der Waals surface area (Å²) in [5.74, 6) is -0.746. The Labute approximate surface area is 124 Å². The number of fused-ring (bicyclic) bond motifs is 1. The summed E-state index contributed by atoms with van der Waals surface area (Å²) in [6, 6.07) is 2.91. The fourth-order valence-electron chi connectivity index (χ4n) is 3.72. The van der Waals surface area contributed by atoms with Crippen LogP contribution in [0, 0.1) is 12.8 Å². The number of aromatic nitrogens is 1. The van der Waals surface area contributed by atoms with Gasteiger partial charge < -0.3 is 10.0 Å². The van der Waals surface area contributed by atoms with E-state index in [0.717, 1.165) is 31.4 Å². The van der Waals surface area contributed by atoms with Gasteiger partial charge in [-0.25, -0.2) is 4.79 Å². The van der Waals surface area contributed by atoms with Gasteiger partial charge in [-0.15, -0.1) is 0 Å². The number of pyridine rings is 1. The Kier molecular flexibility index (Phi) is 3.66. The van der Waals surface area contributed by atoms with Crippen LogP contribution in [0.4, 0.5) is 0 Å². The number of likely N-dealkylation sites (tertiary alicyclic amines) is 1. The number of carbonyl (C=O) groups excluding carboxylic acids is 1. The fourth-order valence-corrected chi connectivity index (χ4v) is 3.72. The Bertz CT molecular complexity index is 555. The maximum absolute atomic E-state index is 12.8. The number of rotatable bonds is 2. The Morgan fingerprint density at radius 3 is 2.71 bits per heavy atom. The minimum Gasteiger partial charge on any atom is -0.480 e. The van der Waals surface area contributed by atoms with Gasteiger partial charge in [-0.1, -0.05) is 12.8 Å². The lowest BCUT2D eigenvalue weighted by Crippen LogP contribution is -2.46. The molecule has 5 nitrogen and oxygen atoms in total. The molecule has 1 saturated heterocycles. The number of carbonyl (C=O) groups is 2. The first-order chi connectivity index (χ1) is 10.1. The zero-order chi connectivity index (χ0) is 15.0. The monoisotopic (exact) mass is 288 g/mol. The van der Waals surface area contributed by atoms with E-state index < -0.39 is 12.0 Å². The number of amides is 1. The Morgan fingerprint density at radius 1 is 1.29 bits per heavy atom. The molecule has 1 aromatic rings. The van der Waals surface area contributed by atoms with Crippen LogP contribution in [0.5, 0.6) is 0 Å². The van der Waals surface area contributed by atoms with Crippen LogP contribution in [-0.4, -0.2) is 39.0 Å². The van der Waals surface area contributed by atoms with Crippen molar-refractivity contribution >= 4 is 11.9 Å². The van der Waals surface area contributed by atoms with Crippen molar-refractivity contribution in [1.29, 1.82) is 0 Å². The number of hydrogen-bond acceptors (Lipinski definition) is 3. The van der Waals surface area contributed by atoms with Crippen molar-refractivity contribution in [3.05, 3.63) is 29.6 Å². The van der Waals surface area contributed by atoms with Crippen LogP contribution >= 0.6 is 0 Å². The highest BCUT2D eigenvalue weighted by Crippen LogP contribution is 2.40. The highest BCUT2D eigenvalue weighted by molar-refractivity contribution is 5.97. The van der Waals surface area contributed by atoms with Gasteiger partial charge in [0.2, 0.25) is 0 Å². The minimum absolute atomic E-state index is 0.0775. The molecule has 0 aromatic carbocycles. The second-order valence-electron chi connectivity index (χ2n) is 6.10. The molecule has 21 heavy (non-hydrogen) atoms. The van der Waals surface area contributed by atoms with Crippen molar-refractivity contribution in [2.24, 2.45) is 5.92 Å². The van der Waals surface area contributed by atoms with E-state index in [1.54, 1.807) is 23.2 Å². The molecule has 1 aromatic heterocycles. The molecule has 1 saturated carbocycles. The van der Waals surface area contributed by atoms with Crippen LogP contribution in [0.25, 0.3) is 0 Å². The van der Waals surface area contributed by atoms with E-state index in [0.29, 0.717) is 17.9 Å². The van der Waals surface area contributed by atoms with E-state index in [9.17, 15) is 14.7 Å². The number of nitrogens with zero attached hydrogens (tertiary/aromatic N) is 2. The molecule has 2 aliphatic rings. The second-order valence-corrected chi connectivity index (χ2v) is 6.10. The molecule has 2 fully saturated rings. The van der Waals surface area contributed by atoms with Crippen LogP contribution in [0.3, 0.4) is 0 Å². The van der Waals surface area contributed by atoms with E-state index in [-0.39, 0.29) is 11.9 Å². The molecule has 0 radical (unpaired) electrons. The molecule has 0 unspecified atom stereocenters. The van der Waals surface area contributed by atoms with Gasteiger partial charge in [0.25, 0.3) is 5.91 Å². The molecule has 2 heterocycles. The lowest BCUT2D eigenvalue weighted by Gasteiger charge is -2.33. The summed E-state index contributed by atoms with van der Waals surface area (Å²) in [7, 11) is 0. The number of carboxylic acids is 1. The molecule has 1 aliphatic carbocycles. The van der Waals surface area contributed by atoms with E-state index in [1.165, 1.54) is 0 Å². The SMILES string of the molecule is Cc1ccc(C(=O)N2[C@H](C(=O)O)C[C@@H]3CCCC[C@@H]32)cn1. The highest BCUT2D eigenvalue weighted by Gasteiger charge is 2.47. The molecule has 5 heteroatoms. The van der Waals surface area contributed by atoms with Crippen molar-refractivity contribution in [2.75, 3.05) is 0 Å². The first-order valence-corrected chi connectivity index (χ1v) is 7.56. The molecular weight excluding hydrogens is 268 g/mol. The molecule has 1 N–H and O–H groups in total. The van der Waals surface area contributed by atoms with Crippen molar-refractivity contribution in [3.63, 3.8) is 0 Å². The third kappa shape index (κ3) is 2.52. The number of hydrogen-bond donors (Lipinski definition) is 1. The summed E-state index contributed by atoms with van der Waals surface area (Å²) in [4.78, 5) is 30.0. The predicted molar refractivity (Wildman–Crippen MR) is 76.9 cm³/mol. The summed E-state index contributed by atoms with van der Waals surface area (Å²) >= 11 is 0. The van der Waals surface area contributed by atoms with Crippen LogP contribution in [-0.2, 0) is 4.79 Å². The minimum atomic E-state index is -0.891. The van der Waals surface area contributed by atoms with Crippen molar-refractivity contribution in [2.45, 2.75) is 51.1 Å². The van der Waals surface area contributed by atoms with Crippen molar-refractivity contribution in [3.8, 4) is 0 Å². The van der Waals surface area contributed by atoms with Crippen LogP contribution in [0.15, 0.2) is 18.3 Å². The van der Waals surface area contributed by atoms with Gasteiger partial charge in [-0.2, -0.15) is 0 Å². The number of carboxylic acid groups (broad SMARTS) is 1. The fraction of sp³-hybridized carbons (Fsp3) is 0.562. The molecule has 1 amide bonds. The van der Waals surface area contributed by atoms with Crippen molar-refractivity contribution < 1.29 is 14.7 Å². The molecule has 3 atom stereocenters. The van der Waals surface area contributed by atoms with E-state index in [2.05, 4.69) is 4.98 Å². The van der Waals surface area contributed by atoms with E-state index in [4.69, 9.17) is 0 Å². The van der Waals surface area contributed by atoms with Gasteiger partial charge in [0.1, 0.15) is 6.04 Å². The van der Waals surface area contributed by atoms with Gasteiger partial charge in [0, 0.05) is 17.9 Å². The topological polar surface area (TPSA) is 70.5 Å². The average Bonchev–Trinajstić information content (AvgIpc) is 2.87. The number of aryl methyl sites for hydroxylation is 1. The van der Waals surface area contributed by atoms with E-state index >= 15 is 0 Å². The standard InChI is InChI=1S/C16H20N2O3/c1-10-6-7-12(9-17-10)15(19)18-13-5-3-2-4-11(13)8-14(18)16(20)21/h6-7,9,11,13-14H,2-5,8H2,1H3,(H,20,21)/t11-,13-,14-/m0/s1. The first-order valence-electron chi connectivity index (χ1n) is 7.56. The smallest absolute Gasteiger partial charge is 0.326 e. The summed E-state index contributed by atoms with van der Waals surface area (Å²) in [5.41, 5.74) is 1.33. The molecule has 0 spiro atoms. The summed E-state index contributed by atoms with van der Waals surface area (Å²) < 4.78 is 0. The third-order valence-corrected chi connectivity index (χ3v) is 4.77. The zero-order valence-electron chi connectivity index (χ0n) is 12.2. The molecule has 112 valence electrons. The van der Waals surface area contributed by atoms with E-state index in [1.807, 2.05) is 6.92 Å². The molecule has 0 bridgehead atoms. The lowest BCUT2D eigenvalue weighted by atomic mass is 9.84. The summed E-state index contributed by atoms with van der Waals surface area (Å²) in [6.45, 7) is 1.86. The van der Waals surface area contributed by atoms with Crippen LogP contribution in [0.1, 0.15) is 48.2 Å². The molecular formula is C16H20N2O3. The second kappa shape index (κ2) is 5.47. The van der Waals surface area contributed by atoms with Crippen LogP contribution in [0.2, 0.25) is 0 Å². The first kappa shape index (κ1) is 14.0. The van der Waals surface area contributed by atoms with Gasteiger partial charge in [-0.05, 0) is 44.2 Å². The van der Waals surface area contributed by atoms with Gasteiger partial charge in [-0.3, -0.25) is 9.78 Å². The van der Waals surface area contributed by atoms with Crippen LogP contribution < -0.4 is 0 Å². The van der Waals surface area contributed by atoms with Crippen molar-refractivity contribution in [1.82, 2.24) is 9.88 Å². The summed E-state index contributed by atoms with van der Waals surface area (Å²) in [5, 5.41) is 9.46. The summed E-state index contributed by atoms with van der Waals surface area (Å²) in [6.07, 6.45) is 6.30. The largest absolute Gasteiger partial charge is 0.480 e. The lowest BCUT2D eigenvalue weighted by molar-refractivity contribution is -0.141. The Morgan fingerprint density at radius 2 is 2.05 bits per heavy atom. The predicted octanol–water partition coefficient (Wildman–Crippen LogP) is 2.25. The van der Waals surface area contributed by atoms with Gasteiger partial charge in [0.05, 0.1) is 5.56 Å². The van der Waals surface area contributed by atoms with Gasteiger partial charge >= 0.3 is 5.97 Å². The third-order valence-electron chi connectivity index (χ3n) is 4.77. The molecule has 3 rings (SSSR count). The maximum Gasteiger partial charge on any atom is 0.326 e. The Hall–Kier alpha value is -1.91. The number of aliphatic carboxylic acids is 1. The Balaban J connectivity index is 1.90. The highest BCUT2D eigenvalue weighted by atomic mass is 16.4. The van der Waals surface area contributed by atoms with Gasteiger partial charge in [0.15, 0.2) is 0 Å². The average molecular weight is 288 g/mol. The quantitative estimate of drug-likeness (QED) is 0.906. The zero-order valence-corrected chi connectivity index (χ0v) is 12.2. The normalized spacial score (nSPS) is 28.2. The maximum atomic E-state index is 12.8.